The smallest absolute Gasteiger partial charge is 0.292 e. The van der Waals surface area contributed by atoms with Gasteiger partial charge in [0.05, 0.1) is 24.7 Å². The molecule has 0 saturated carbocycles. The molecule has 0 bridgehead atoms. The summed E-state index contributed by atoms with van der Waals surface area (Å²) in [6, 6.07) is 4.76. The van der Waals surface area contributed by atoms with E-state index >= 15 is 0 Å². The minimum atomic E-state index is -0.373. The Bertz CT molecular complexity index is 474. The van der Waals surface area contributed by atoms with Gasteiger partial charge in [0.15, 0.2) is 6.79 Å². The number of nitro benzene ring substituents is 1. The van der Waals surface area contributed by atoms with E-state index in [0.717, 1.165) is 6.42 Å². The first-order valence-electron chi connectivity index (χ1n) is 7.04. The van der Waals surface area contributed by atoms with Crippen molar-refractivity contribution < 1.29 is 19.1 Å². The van der Waals surface area contributed by atoms with Crippen LogP contribution in [0.2, 0.25) is 0 Å². The van der Waals surface area contributed by atoms with Crippen molar-refractivity contribution >= 4 is 11.4 Å². The quantitative estimate of drug-likeness (QED) is 0.332. The predicted octanol–water partition coefficient (Wildman–Crippen LogP) is 2.19. The van der Waals surface area contributed by atoms with E-state index in [1.165, 1.54) is 6.07 Å². The van der Waals surface area contributed by atoms with Gasteiger partial charge >= 0.3 is 0 Å². The average molecular weight is 296 g/mol. The summed E-state index contributed by atoms with van der Waals surface area (Å²) in [5.74, 6) is 0.568. The molecule has 0 spiro atoms. The standard InChI is InChI=1S/C14H20N2O5/c1-2-7-20-11-21-12-3-4-13(16(17)18)14(10-12)15-5-8-19-9-6-15/h3-4,10H,2,5-9,11H2,1H3. The summed E-state index contributed by atoms with van der Waals surface area (Å²) in [5.41, 5.74) is 0.648. The molecule has 21 heavy (non-hydrogen) atoms. The van der Waals surface area contributed by atoms with Crippen molar-refractivity contribution in [2.75, 3.05) is 44.6 Å². The van der Waals surface area contributed by atoms with Crippen molar-refractivity contribution in [3.8, 4) is 5.75 Å². The van der Waals surface area contributed by atoms with Crippen LogP contribution in [0, 0.1) is 10.1 Å². The van der Waals surface area contributed by atoms with Gasteiger partial charge in [0.25, 0.3) is 5.69 Å². The highest BCUT2D eigenvalue weighted by atomic mass is 16.7. The molecule has 0 aliphatic carbocycles. The first kappa shape index (κ1) is 15.5. The lowest BCUT2D eigenvalue weighted by atomic mass is 10.2. The second-order valence-electron chi connectivity index (χ2n) is 4.68. The highest BCUT2D eigenvalue weighted by molar-refractivity contribution is 5.66. The second-order valence-corrected chi connectivity index (χ2v) is 4.68. The van der Waals surface area contributed by atoms with Crippen LogP contribution in [0.4, 0.5) is 11.4 Å². The Morgan fingerprint density at radius 3 is 2.81 bits per heavy atom. The van der Waals surface area contributed by atoms with E-state index in [1.807, 2.05) is 11.8 Å². The molecule has 1 aliphatic rings. The molecular weight excluding hydrogens is 276 g/mol. The number of rotatable bonds is 7. The third-order valence-corrected chi connectivity index (χ3v) is 3.15. The average Bonchev–Trinajstić information content (AvgIpc) is 2.52. The van der Waals surface area contributed by atoms with Gasteiger partial charge in [-0.3, -0.25) is 10.1 Å². The monoisotopic (exact) mass is 296 g/mol. The Hall–Kier alpha value is -1.86. The molecule has 1 aliphatic heterocycles. The summed E-state index contributed by atoms with van der Waals surface area (Å²) >= 11 is 0. The highest BCUT2D eigenvalue weighted by Gasteiger charge is 2.22. The van der Waals surface area contributed by atoms with Gasteiger partial charge in [-0.05, 0) is 12.5 Å². The van der Waals surface area contributed by atoms with Gasteiger partial charge in [0.2, 0.25) is 0 Å². The molecular formula is C14H20N2O5. The first-order chi connectivity index (χ1) is 10.2. The topological polar surface area (TPSA) is 74.1 Å². The normalized spacial score (nSPS) is 15.0. The lowest BCUT2D eigenvalue weighted by Crippen LogP contribution is -2.36. The van der Waals surface area contributed by atoms with Crippen LogP contribution in [0.15, 0.2) is 18.2 Å². The van der Waals surface area contributed by atoms with Crippen molar-refractivity contribution in [1.82, 2.24) is 0 Å². The minimum Gasteiger partial charge on any atom is -0.467 e. The second kappa shape index (κ2) is 7.80. The number of nitrogens with zero attached hydrogens (tertiary/aromatic N) is 2. The Morgan fingerprint density at radius 2 is 2.14 bits per heavy atom. The molecule has 1 heterocycles. The summed E-state index contributed by atoms with van der Waals surface area (Å²) in [5, 5.41) is 11.2. The van der Waals surface area contributed by atoms with Crippen LogP contribution in [0.5, 0.6) is 5.75 Å². The maximum absolute atomic E-state index is 11.2. The number of ether oxygens (including phenoxy) is 3. The van der Waals surface area contributed by atoms with Crippen LogP contribution >= 0.6 is 0 Å². The molecule has 0 atom stereocenters. The van der Waals surface area contributed by atoms with E-state index in [0.29, 0.717) is 44.3 Å². The van der Waals surface area contributed by atoms with Crippen molar-refractivity contribution in [3.63, 3.8) is 0 Å². The molecule has 1 fully saturated rings. The summed E-state index contributed by atoms with van der Waals surface area (Å²) in [4.78, 5) is 12.7. The van der Waals surface area contributed by atoms with Crippen LogP contribution in [-0.4, -0.2) is 44.6 Å². The molecule has 0 N–H and O–H groups in total. The number of hydrogen-bond donors (Lipinski definition) is 0. The van der Waals surface area contributed by atoms with Gasteiger partial charge in [-0.1, -0.05) is 6.92 Å². The molecule has 2 rings (SSSR count). The fourth-order valence-electron chi connectivity index (χ4n) is 2.12. The van der Waals surface area contributed by atoms with E-state index in [-0.39, 0.29) is 17.4 Å². The number of nitro groups is 1. The molecule has 1 aromatic carbocycles. The van der Waals surface area contributed by atoms with Gasteiger partial charge in [-0.2, -0.15) is 0 Å². The summed E-state index contributed by atoms with van der Waals surface area (Å²) in [7, 11) is 0. The van der Waals surface area contributed by atoms with Gasteiger partial charge in [-0.25, -0.2) is 0 Å². The van der Waals surface area contributed by atoms with Crippen molar-refractivity contribution in [2.24, 2.45) is 0 Å². The molecule has 116 valence electrons. The van der Waals surface area contributed by atoms with Gasteiger partial charge in [-0.15, -0.1) is 0 Å². The fraction of sp³-hybridized carbons (Fsp3) is 0.571. The Morgan fingerprint density at radius 1 is 1.38 bits per heavy atom. The van der Waals surface area contributed by atoms with Crippen LogP contribution in [0.3, 0.4) is 0 Å². The van der Waals surface area contributed by atoms with Crippen molar-refractivity contribution in [3.05, 3.63) is 28.3 Å². The molecule has 0 radical (unpaired) electrons. The van der Waals surface area contributed by atoms with Crippen molar-refractivity contribution in [1.29, 1.82) is 0 Å². The number of morpholine rings is 1. The van der Waals surface area contributed by atoms with E-state index < -0.39 is 0 Å². The Kier molecular flexibility index (Phi) is 5.77. The van der Waals surface area contributed by atoms with Gasteiger partial charge in [0.1, 0.15) is 11.4 Å². The van der Waals surface area contributed by atoms with Gasteiger partial charge < -0.3 is 19.1 Å². The molecule has 0 unspecified atom stereocenters. The lowest BCUT2D eigenvalue weighted by molar-refractivity contribution is -0.384. The summed E-state index contributed by atoms with van der Waals surface area (Å²) in [6.45, 7) is 5.21. The Balaban J connectivity index is 2.12. The van der Waals surface area contributed by atoms with Crippen LogP contribution in [-0.2, 0) is 9.47 Å². The van der Waals surface area contributed by atoms with Crippen LogP contribution < -0.4 is 9.64 Å². The molecule has 1 saturated heterocycles. The third kappa shape index (κ3) is 4.30. The minimum absolute atomic E-state index is 0.0822. The maximum Gasteiger partial charge on any atom is 0.292 e. The highest BCUT2D eigenvalue weighted by Crippen LogP contribution is 2.32. The lowest BCUT2D eigenvalue weighted by Gasteiger charge is -2.28. The predicted molar refractivity (Wildman–Crippen MR) is 77.9 cm³/mol. The fourth-order valence-corrected chi connectivity index (χ4v) is 2.12. The SMILES string of the molecule is CCCOCOc1ccc([N+](=O)[O-])c(N2CCOCC2)c1. The zero-order valence-electron chi connectivity index (χ0n) is 12.1. The van der Waals surface area contributed by atoms with E-state index in [2.05, 4.69) is 0 Å². The van der Waals surface area contributed by atoms with Crippen LogP contribution in [0.25, 0.3) is 0 Å². The van der Waals surface area contributed by atoms with Crippen LogP contribution in [0.1, 0.15) is 13.3 Å². The zero-order chi connectivity index (χ0) is 15.1. The Labute approximate surface area is 123 Å². The summed E-state index contributed by atoms with van der Waals surface area (Å²) in [6.07, 6.45) is 0.919. The number of benzene rings is 1. The first-order valence-corrected chi connectivity index (χ1v) is 7.04. The molecule has 1 aromatic rings. The van der Waals surface area contributed by atoms with Crippen molar-refractivity contribution in [2.45, 2.75) is 13.3 Å². The maximum atomic E-state index is 11.2. The largest absolute Gasteiger partial charge is 0.467 e. The third-order valence-electron chi connectivity index (χ3n) is 3.15. The molecule has 0 amide bonds. The molecule has 7 nitrogen and oxygen atoms in total. The van der Waals surface area contributed by atoms with E-state index in [1.54, 1.807) is 12.1 Å². The van der Waals surface area contributed by atoms with E-state index in [4.69, 9.17) is 14.2 Å². The van der Waals surface area contributed by atoms with Gasteiger partial charge in [0, 0.05) is 25.2 Å². The number of anilines is 1. The molecule has 7 heteroatoms. The zero-order valence-corrected chi connectivity index (χ0v) is 12.1. The summed E-state index contributed by atoms with van der Waals surface area (Å²) < 4.78 is 16.0. The molecule has 0 aromatic heterocycles. The van der Waals surface area contributed by atoms with E-state index in [9.17, 15) is 10.1 Å². The number of hydrogen-bond acceptors (Lipinski definition) is 6.